The van der Waals surface area contributed by atoms with Gasteiger partial charge in [-0.3, -0.25) is 9.59 Å². The summed E-state index contributed by atoms with van der Waals surface area (Å²) >= 11 is 0. The van der Waals surface area contributed by atoms with Gasteiger partial charge in [-0.15, -0.1) is 0 Å². The number of nitrogens with zero attached hydrogens (tertiary/aromatic N) is 1. The van der Waals surface area contributed by atoms with Crippen LogP contribution in [0.5, 0.6) is 5.75 Å². The Kier molecular flexibility index (Phi) is 4.58. The molecule has 0 bridgehead atoms. The lowest BCUT2D eigenvalue weighted by Gasteiger charge is -2.21. The molecule has 28 heavy (non-hydrogen) atoms. The highest BCUT2D eigenvalue weighted by molar-refractivity contribution is 7.92. The largest absolute Gasteiger partial charge is 0.482 e. The minimum atomic E-state index is -3.75. The highest BCUT2D eigenvalue weighted by Crippen LogP contribution is 2.33. The van der Waals surface area contributed by atoms with Gasteiger partial charge in [0.05, 0.1) is 15.8 Å². The molecule has 2 amide bonds. The van der Waals surface area contributed by atoms with Crippen LogP contribution >= 0.6 is 0 Å². The third kappa shape index (κ3) is 3.24. The third-order valence-electron chi connectivity index (χ3n) is 5.09. The van der Waals surface area contributed by atoms with E-state index in [0.717, 1.165) is 17.7 Å². The zero-order chi connectivity index (χ0) is 19.9. The Labute approximate surface area is 163 Å². The van der Waals surface area contributed by atoms with E-state index >= 15 is 0 Å². The third-order valence-corrected chi connectivity index (χ3v) is 7.23. The van der Waals surface area contributed by atoms with E-state index in [1.54, 1.807) is 4.90 Å². The van der Waals surface area contributed by atoms with Gasteiger partial charge in [0.15, 0.2) is 16.4 Å². The van der Waals surface area contributed by atoms with Gasteiger partial charge >= 0.3 is 0 Å². The summed E-state index contributed by atoms with van der Waals surface area (Å²) in [6.45, 7) is 2.00. The number of amides is 2. The Hall–Kier alpha value is -2.87. The second-order valence-corrected chi connectivity index (χ2v) is 9.34. The lowest BCUT2D eigenvalue weighted by molar-refractivity contribution is -0.119. The van der Waals surface area contributed by atoms with Gasteiger partial charge in [-0.2, -0.15) is 0 Å². The SMILES string of the molecule is C[C@H](CC(=O)N1CCc2ccccc21)S(=O)(=O)c1ccc2c(c1)NC(=O)CO2. The lowest BCUT2D eigenvalue weighted by atomic mass is 10.2. The number of nitrogens with one attached hydrogen (secondary N) is 1. The molecular formula is C20H20N2O5S. The van der Waals surface area contributed by atoms with Crippen molar-refractivity contribution in [1.29, 1.82) is 0 Å². The normalized spacial score (nSPS) is 16.6. The molecule has 0 unspecified atom stereocenters. The number of fused-ring (bicyclic) bond motifs is 2. The van der Waals surface area contributed by atoms with Crippen LogP contribution in [0.3, 0.4) is 0 Å². The predicted octanol–water partition coefficient (Wildman–Crippen LogP) is 2.16. The van der Waals surface area contributed by atoms with Gasteiger partial charge in [0.2, 0.25) is 5.91 Å². The molecule has 0 saturated carbocycles. The summed E-state index contributed by atoms with van der Waals surface area (Å²) in [4.78, 5) is 25.9. The molecule has 146 valence electrons. The minimum Gasteiger partial charge on any atom is -0.482 e. The van der Waals surface area contributed by atoms with E-state index in [1.165, 1.54) is 25.1 Å². The molecular weight excluding hydrogens is 380 g/mol. The Morgan fingerprint density at radius 1 is 1.25 bits per heavy atom. The van der Waals surface area contributed by atoms with E-state index in [-0.39, 0.29) is 29.7 Å². The molecule has 2 aliphatic heterocycles. The van der Waals surface area contributed by atoms with Crippen LogP contribution < -0.4 is 15.0 Å². The molecule has 8 heteroatoms. The van der Waals surface area contributed by atoms with Crippen LogP contribution in [0, 0.1) is 0 Å². The van der Waals surface area contributed by atoms with Crippen LogP contribution in [0.15, 0.2) is 47.4 Å². The van der Waals surface area contributed by atoms with Gasteiger partial charge in [-0.05, 0) is 43.2 Å². The van der Waals surface area contributed by atoms with Gasteiger partial charge in [-0.25, -0.2) is 8.42 Å². The second-order valence-electron chi connectivity index (χ2n) is 6.98. The zero-order valence-electron chi connectivity index (χ0n) is 15.3. The van der Waals surface area contributed by atoms with Gasteiger partial charge < -0.3 is 15.0 Å². The number of benzene rings is 2. The Bertz CT molecular complexity index is 1060. The fourth-order valence-electron chi connectivity index (χ4n) is 3.53. The van der Waals surface area contributed by atoms with Crippen molar-refractivity contribution < 1.29 is 22.7 Å². The second kappa shape index (κ2) is 6.94. The number of carbonyl (C=O) groups excluding carboxylic acids is 2. The first-order chi connectivity index (χ1) is 13.4. The van der Waals surface area contributed by atoms with Crippen molar-refractivity contribution in [3.05, 3.63) is 48.0 Å². The quantitative estimate of drug-likeness (QED) is 0.849. The number of sulfone groups is 1. The van der Waals surface area contributed by atoms with Crippen molar-refractivity contribution in [1.82, 2.24) is 0 Å². The van der Waals surface area contributed by atoms with Crippen LogP contribution in [-0.2, 0) is 25.8 Å². The van der Waals surface area contributed by atoms with Crippen LogP contribution in [-0.4, -0.2) is 38.6 Å². The van der Waals surface area contributed by atoms with Crippen LogP contribution in [0.1, 0.15) is 18.9 Å². The first-order valence-electron chi connectivity index (χ1n) is 9.05. The number of rotatable bonds is 4. The molecule has 0 aromatic heterocycles. The van der Waals surface area contributed by atoms with Crippen LogP contribution in [0.25, 0.3) is 0 Å². The van der Waals surface area contributed by atoms with Crippen molar-refractivity contribution in [3.63, 3.8) is 0 Å². The molecule has 1 atom stereocenters. The van der Waals surface area contributed by atoms with E-state index in [2.05, 4.69) is 5.32 Å². The van der Waals surface area contributed by atoms with E-state index in [1.807, 2.05) is 24.3 Å². The first-order valence-corrected chi connectivity index (χ1v) is 10.6. The summed E-state index contributed by atoms with van der Waals surface area (Å²) < 4.78 is 31.2. The number of anilines is 2. The molecule has 2 aliphatic rings. The van der Waals surface area contributed by atoms with Crippen molar-refractivity contribution in [2.24, 2.45) is 0 Å². The van der Waals surface area contributed by atoms with Gasteiger partial charge in [0.1, 0.15) is 5.75 Å². The topological polar surface area (TPSA) is 92.8 Å². The highest BCUT2D eigenvalue weighted by Gasteiger charge is 2.31. The van der Waals surface area contributed by atoms with Gasteiger partial charge in [0, 0.05) is 18.7 Å². The maximum absolute atomic E-state index is 13.0. The summed E-state index contributed by atoms with van der Waals surface area (Å²) in [5.41, 5.74) is 2.27. The Balaban J connectivity index is 1.53. The van der Waals surface area contributed by atoms with Gasteiger partial charge in [-0.1, -0.05) is 18.2 Å². The molecule has 1 N–H and O–H groups in total. The summed E-state index contributed by atoms with van der Waals surface area (Å²) in [5, 5.41) is 1.71. The molecule has 0 fully saturated rings. The summed E-state index contributed by atoms with van der Waals surface area (Å²) in [6, 6.07) is 12.0. The molecule has 0 radical (unpaired) electrons. The fourth-order valence-corrected chi connectivity index (χ4v) is 4.90. The molecule has 2 aromatic carbocycles. The number of para-hydroxylation sites is 1. The summed E-state index contributed by atoms with van der Waals surface area (Å²) in [7, 11) is -3.75. The average molecular weight is 400 g/mol. The van der Waals surface area contributed by atoms with E-state index in [0.29, 0.717) is 18.0 Å². The molecule has 7 nitrogen and oxygen atoms in total. The lowest BCUT2D eigenvalue weighted by Crippen LogP contribution is -2.33. The summed E-state index contributed by atoms with van der Waals surface area (Å²) in [5.74, 6) is -0.121. The average Bonchev–Trinajstić information content (AvgIpc) is 3.11. The van der Waals surface area contributed by atoms with Gasteiger partial charge in [0.25, 0.3) is 5.91 Å². The number of hydrogen-bond acceptors (Lipinski definition) is 5. The molecule has 0 saturated heterocycles. The molecule has 2 aromatic rings. The van der Waals surface area contributed by atoms with Crippen molar-refractivity contribution in [2.45, 2.75) is 29.9 Å². The van der Waals surface area contributed by atoms with Crippen LogP contribution in [0.4, 0.5) is 11.4 Å². The van der Waals surface area contributed by atoms with E-state index in [4.69, 9.17) is 4.74 Å². The minimum absolute atomic E-state index is 0.0548. The number of carbonyl (C=O) groups is 2. The Morgan fingerprint density at radius 3 is 2.86 bits per heavy atom. The number of hydrogen-bond donors (Lipinski definition) is 1. The maximum atomic E-state index is 13.0. The molecule has 0 aliphatic carbocycles. The van der Waals surface area contributed by atoms with Crippen molar-refractivity contribution in [2.75, 3.05) is 23.4 Å². The number of ether oxygens (including phenoxy) is 1. The van der Waals surface area contributed by atoms with Crippen molar-refractivity contribution in [3.8, 4) is 5.75 Å². The monoisotopic (exact) mass is 400 g/mol. The van der Waals surface area contributed by atoms with Crippen LogP contribution in [0.2, 0.25) is 0 Å². The molecule has 0 spiro atoms. The van der Waals surface area contributed by atoms with Crippen molar-refractivity contribution >= 4 is 33.0 Å². The van der Waals surface area contributed by atoms with E-state index in [9.17, 15) is 18.0 Å². The predicted molar refractivity (Wildman–Crippen MR) is 104 cm³/mol. The zero-order valence-corrected chi connectivity index (χ0v) is 16.2. The maximum Gasteiger partial charge on any atom is 0.262 e. The molecule has 2 heterocycles. The fraction of sp³-hybridized carbons (Fsp3) is 0.300. The standard InChI is InChI=1S/C20H20N2O5S/c1-13(10-20(24)22-9-8-14-4-2-3-5-17(14)22)28(25,26)15-6-7-18-16(11-15)21-19(23)12-27-18/h2-7,11,13H,8-10,12H2,1H3,(H,21,23)/t13-/m1/s1. The van der Waals surface area contributed by atoms with E-state index < -0.39 is 15.1 Å². The smallest absolute Gasteiger partial charge is 0.262 e. The first kappa shape index (κ1) is 18.5. The Morgan fingerprint density at radius 2 is 2.04 bits per heavy atom. The highest BCUT2D eigenvalue weighted by atomic mass is 32.2. The molecule has 4 rings (SSSR count). The summed E-state index contributed by atoms with van der Waals surface area (Å²) in [6.07, 6.45) is 0.657.